The summed E-state index contributed by atoms with van der Waals surface area (Å²) < 4.78 is 0. The van der Waals surface area contributed by atoms with E-state index in [1.165, 1.54) is 77.9 Å². The van der Waals surface area contributed by atoms with Crippen molar-refractivity contribution in [2.45, 2.75) is 45.1 Å². The number of halogens is 1. The zero-order valence-corrected chi connectivity index (χ0v) is 13.2. The van der Waals surface area contributed by atoms with E-state index in [-0.39, 0.29) is 12.4 Å². The summed E-state index contributed by atoms with van der Waals surface area (Å²) >= 11 is 0. The molecule has 3 rings (SSSR count). The van der Waals surface area contributed by atoms with Crippen LogP contribution in [0.15, 0.2) is 0 Å². The lowest BCUT2D eigenvalue weighted by Gasteiger charge is -2.33. The van der Waals surface area contributed by atoms with E-state index in [1.807, 2.05) is 0 Å². The second-order valence-corrected chi connectivity index (χ2v) is 7.01. The van der Waals surface area contributed by atoms with Crippen molar-refractivity contribution < 1.29 is 0 Å². The van der Waals surface area contributed by atoms with E-state index in [0.717, 1.165) is 6.04 Å². The Hall–Kier alpha value is 0.170. The van der Waals surface area contributed by atoms with Gasteiger partial charge in [-0.1, -0.05) is 13.3 Å². The van der Waals surface area contributed by atoms with Crippen molar-refractivity contribution >= 4 is 12.4 Å². The van der Waals surface area contributed by atoms with Gasteiger partial charge in [0.15, 0.2) is 0 Å². The first-order valence-electron chi connectivity index (χ1n) is 7.92. The van der Waals surface area contributed by atoms with Crippen molar-refractivity contribution in [2.75, 3.05) is 45.8 Å². The maximum atomic E-state index is 3.52. The molecule has 0 aromatic heterocycles. The van der Waals surface area contributed by atoms with Crippen LogP contribution in [0.5, 0.6) is 0 Å². The van der Waals surface area contributed by atoms with Gasteiger partial charge in [0.1, 0.15) is 0 Å². The van der Waals surface area contributed by atoms with Crippen LogP contribution in [0.4, 0.5) is 0 Å². The summed E-state index contributed by atoms with van der Waals surface area (Å²) in [6.07, 6.45) is 7.08. The molecular weight excluding hydrogens is 258 g/mol. The molecular formula is C15H30ClN3. The maximum absolute atomic E-state index is 3.52. The molecule has 0 bridgehead atoms. The Balaban J connectivity index is 0.00000133. The Morgan fingerprint density at radius 1 is 1.16 bits per heavy atom. The van der Waals surface area contributed by atoms with E-state index in [4.69, 9.17) is 0 Å². The van der Waals surface area contributed by atoms with Gasteiger partial charge in [-0.05, 0) is 57.3 Å². The van der Waals surface area contributed by atoms with Crippen LogP contribution in [0.25, 0.3) is 0 Å². The van der Waals surface area contributed by atoms with Gasteiger partial charge in [0, 0.05) is 25.7 Å². The summed E-state index contributed by atoms with van der Waals surface area (Å²) in [7, 11) is 0. The molecule has 3 aliphatic heterocycles. The average molecular weight is 288 g/mol. The molecule has 2 atom stereocenters. The summed E-state index contributed by atoms with van der Waals surface area (Å²) in [4.78, 5) is 5.49. The molecule has 2 unspecified atom stereocenters. The van der Waals surface area contributed by atoms with Gasteiger partial charge >= 0.3 is 0 Å². The molecule has 0 radical (unpaired) electrons. The van der Waals surface area contributed by atoms with Crippen molar-refractivity contribution in [3.05, 3.63) is 0 Å². The molecule has 3 aliphatic rings. The fraction of sp³-hybridized carbons (Fsp3) is 1.00. The second kappa shape index (κ2) is 6.75. The third-order valence-corrected chi connectivity index (χ3v) is 5.22. The molecule has 3 heterocycles. The van der Waals surface area contributed by atoms with E-state index in [9.17, 15) is 0 Å². The highest BCUT2D eigenvalue weighted by Gasteiger charge is 2.35. The minimum absolute atomic E-state index is 0. The van der Waals surface area contributed by atoms with E-state index >= 15 is 0 Å². The second-order valence-electron chi connectivity index (χ2n) is 7.01. The van der Waals surface area contributed by atoms with E-state index in [0.29, 0.717) is 5.41 Å². The van der Waals surface area contributed by atoms with Gasteiger partial charge in [-0.25, -0.2) is 0 Å². The molecule has 3 nitrogen and oxygen atoms in total. The van der Waals surface area contributed by atoms with Crippen molar-refractivity contribution in [2.24, 2.45) is 5.41 Å². The SMILES string of the molecule is CC1(CN2CCC(N3CCCCC3)C2)CCNC1.Cl. The molecule has 0 saturated carbocycles. The first-order chi connectivity index (χ1) is 8.75. The normalized spacial score (nSPS) is 37.4. The van der Waals surface area contributed by atoms with Gasteiger partial charge in [0.25, 0.3) is 0 Å². The summed E-state index contributed by atoms with van der Waals surface area (Å²) in [6.45, 7) is 11.6. The predicted molar refractivity (Wildman–Crippen MR) is 83.1 cm³/mol. The third kappa shape index (κ3) is 3.84. The lowest BCUT2D eigenvalue weighted by atomic mass is 9.89. The van der Waals surface area contributed by atoms with Crippen molar-refractivity contribution in [1.82, 2.24) is 15.1 Å². The predicted octanol–water partition coefficient (Wildman–Crippen LogP) is 1.97. The Morgan fingerprint density at radius 2 is 1.95 bits per heavy atom. The maximum Gasteiger partial charge on any atom is 0.0235 e. The Bertz CT molecular complexity index is 273. The number of hydrogen-bond acceptors (Lipinski definition) is 3. The van der Waals surface area contributed by atoms with Gasteiger partial charge < -0.3 is 10.2 Å². The smallest absolute Gasteiger partial charge is 0.0235 e. The molecule has 0 aliphatic carbocycles. The first-order valence-corrected chi connectivity index (χ1v) is 7.92. The molecule has 112 valence electrons. The van der Waals surface area contributed by atoms with Crippen molar-refractivity contribution in [3.63, 3.8) is 0 Å². The van der Waals surface area contributed by atoms with Crippen LogP contribution in [0.3, 0.4) is 0 Å². The molecule has 0 aromatic rings. The molecule has 0 amide bonds. The molecule has 1 N–H and O–H groups in total. The number of hydrogen-bond donors (Lipinski definition) is 1. The summed E-state index contributed by atoms with van der Waals surface area (Å²) in [5.41, 5.74) is 0.538. The van der Waals surface area contributed by atoms with E-state index < -0.39 is 0 Å². The van der Waals surface area contributed by atoms with Gasteiger partial charge in [-0.2, -0.15) is 0 Å². The largest absolute Gasteiger partial charge is 0.316 e. The quantitative estimate of drug-likeness (QED) is 0.856. The number of nitrogens with zero attached hydrogens (tertiary/aromatic N) is 2. The molecule has 0 spiro atoms. The lowest BCUT2D eigenvalue weighted by molar-refractivity contribution is 0.149. The van der Waals surface area contributed by atoms with E-state index in [1.54, 1.807) is 0 Å². The zero-order valence-electron chi connectivity index (χ0n) is 12.4. The molecule has 3 saturated heterocycles. The summed E-state index contributed by atoms with van der Waals surface area (Å²) in [5.74, 6) is 0. The number of piperidine rings is 1. The van der Waals surface area contributed by atoms with Crippen LogP contribution >= 0.6 is 12.4 Å². The van der Waals surface area contributed by atoms with Gasteiger partial charge in [0.2, 0.25) is 0 Å². The minimum atomic E-state index is 0. The van der Waals surface area contributed by atoms with Crippen molar-refractivity contribution in [3.8, 4) is 0 Å². The highest BCUT2D eigenvalue weighted by molar-refractivity contribution is 5.85. The van der Waals surface area contributed by atoms with Crippen LogP contribution < -0.4 is 5.32 Å². The molecule has 0 aromatic carbocycles. The number of nitrogens with one attached hydrogen (secondary N) is 1. The first kappa shape index (κ1) is 15.6. The van der Waals surface area contributed by atoms with Gasteiger partial charge in [0.05, 0.1) is 0 Å². The van der Waals surface area contributed by atoms with Crippen LogP contribution in [0.1, 0.15) is 39.0 Å². The fourth-order valence-electron chi connectivity index (χ4n) is 4.08. The Morgan fingerprint density at radius 3 is 2.63 bits per heavy atom. The highest BCUT2D eigenvalue weighted by atomic mass is 35.5. The topological polar surface area (TPSA) is 18.5 Å². The summed E-state index contributed by atoms with van der Waals surface area (Å²) in [6, 6.07) is 0.864. The van der Waals surface area contributed by atoms with Crippen LogP contribution in [0.2, 0.25) is 0 Å². The van der Waals surface area contributed by atoms with Gasteiger partial charge in [-0.3, -0.25) is 4.90 Å². The summed E-state index contributed by atoms with van der Waals surface area (Å²) in [5, 5.41) is 3.52. The van der Waals surface area contributed by atoms with E-state index in [2.05, 4.69) is 22.0 Å². The Labute approximate surface area is 124 Å². The Kier molecular flexibility index (Phi) is 5.53. The zero-order chi connectivity index (χ0) is 12.4. The monoisotopic (exact) mass is 287 g/mol. The lowest BCUT2D eigenvalue weighted by Crippen LogP contribution is -2.42. The van der Waals surface area contributed by atoms with Crippen LogP contribution in [0, 0.1) is 5.41 Å². The van der Waals surface area contributed by atoms with Crippen LogP contribution in [-0.4, -0.2) is 61.7 Å². The molecule has 4 heteroatoms. The number of likely N-dealkylation sites (tertiary alicyclic amines) is 2. The van der Waals surface area contributed by atoms with Crippen molar-refractivity contribution in [1.29, 1.82) is 0 Å². The molecule has 3 fully saturated rings. The van der Waals surface area contributed by atoms with Crippen LogP contribution in [-0.2, 0) is 0 Å². The fourth-order valence-corrected chi connectivity index (χ4v) is 4.08. The minimum Gasteiger partial charge on any atom is -0.316 e. The average Bonchev–Trinajstić information content (AvgIpc) is 3.00. The van der Waals surface area contributed by atoms with Gasteiger partial charge in [-0.15, -0.1) is 12.4 Å². The third-order valence-electron chi connectivity index (χ3n) is 5.22. The standard InChI is InChI=1S/C15H29N3.ClH/c1-15(6-7-16-12-15)13-17-10-5-14(11-17)18-8-3-2-4-9-18;/h14,16H,2-13H2,1H3;1H. The highest BCUT2D eigenvalue weighted by Crippen LogP contribution is 2.28. The molecule has 19 heavy (non-hydrogen) atoms. The number of rotatable bonds is 3.